The Hall–Kier alpha value is -3.19. The van der Waals surface area contributed by atoms with Crippen LogP contribution in [0.4, 0.5) is 0 Å². The molecule has 2 aliphatic rings. The van der Waals surface area contributed by atoms with Crippen LogP contribution in [-0.2, 0) is 16.2 Å². The quantitative estimate of drug-likeness (QED) is 0.745. The van der Waals surface area contributed by atoms with Gasteiger partial charge in [0.1, 0.15) is 12.4 Å². The van der Waals surface area contributed by atoms with E-state index in [2.05, 4.69) is 21.1 Å². The Morgan fingerprint density at radius 2 is 1.60 bits per heavy atom. The molecule has 8 heteroatoms. The number of hydrazone groups is 2. The molecule has 30 heavy (non-hydrogen) atoms. The molecule has 0 saturated heterocycles. The highest BCUT2D eigenvalue weighted by atomic mass is 35.5. The molecular weight excluding hydrogens is 404 g/mol. The van der Waals surface area contributed by atoms with Gasteiger partial charge in [0, 0.05) is 27.9 Å². The standard InChI is InChI=1S/C22H21ClN4O3/c1-12-18(21(28)26-24-12)20(19-13(2)25-27-22(19)29)14-7-5-8-16(10-14)30-11-15-6-3-4-9-17(15)23/h3-10,18-20H,11H2,1-2H3,(H,26,28)(H,27,29). The molecule has 0 fully saturated rings. The van der Waals surface area contributed by atoms with Gasteiger partial charge in [-0.25, -0.2) is 10.9 Å². The average molecular weight is 425 g/mol. The first-order valence-corrected chi connectivity index (χ1v) is 9.97. The Morgan fingerprint density at radius 1 is 0.967 bits per heavy atom. The number of nitrogens with zero attached hydrogens (tertiary/aromatic N) is 2. The van der Waals surface area contributed by atoms with Crippen molar-refractivity contribution in [3.8, 4) is 5.75 Å². The molecule has 4 rings (SSSR count). The largest absolute Gasteiger partial charge is 0.489 e. The second-order valence-electron chi connectivity index (χ2n) is 7.39. The number of carbonyl (C=O) groups excluding carboxylic acids is 2. The van der Waals surface area contributed by atoms with E-state index in [1.54, 1.807) is 13.8 Å². The zero-order chi connectivity index (χ0) is 21.3. The van der Waals surface area contributed by atoms with E-state index in [1.807, 2.05) is 48.5 Å². The van der Waals surface area contributed by atoms with Gasteiger partial charge >= 0.3 is 0 Å². The van der Waals surface area contributed by atoms with Crippen LogP contribution >= 0.6 is 11.6 Å². The topological polar surface area (TPSA) is 92.1 Å². The van der Waals surface area contributed by atoms with Crippen LogP contribution in [0.3, 0.4) is 0 Å². The van der Waals surface area contributed by atoms with Crippen molar-refractivity contribution >= 4 is 34.8 Å². The summed E-state index contributed by atoms with van der Waals surface area (Å²) in [6, 6.07) is 14.9. The van der Waals surface area contributed by atoms with Gasteiger partial charge in [-0.3, -0.25) is 9.59 Å². The van der Waals surface area contributed by atoms with Gasteiger partial charge in [0.2, 0.25) is 11.8 Å². The summed E-state index contributed by atoms with van der Waals surface area (Å²) in [6.45, 7) is 3.88. The molecule has 2 amide bonds. The molecule has 0 spiro atoms. The molecule has 2 aromatic rings. The summed E-state index contributed by atoms with van der Waals surface area (Å²) in [5, 5.41) is 8.78. The molecule has 2 unspecified atom stereocenters. The molecule has 2 atom stereocenters. The summed E-state index contributed by atoms with van der Waals surface area (Å²) >= 11 is 6.21. The molecule has 2 N–H and O–H groups in total. The van der Waals surface area contributed by atoms with E-state index >= 15 is 0 Å². The lowest BCUT2D eigenvalue weighted by molar-refractivity contribution is -0.125. The Bertz CT molecular complexity index is 1030. The fraction of sp³-hybridized carbons (Fsp3) is 0.273. The summed E-state index contributed by atoms with van der Waals surface area (Å²) in [5.41, 5.74) is 8.00. The van der Waals surface area contributed by atoms with E-state index in [4.69, 9.17) is 16.3 Å². The van der Waals surface area contributed by atoms with Gasteiger partial charge < -0.3 is 4.74 Å². The van der Waals surface area contributed by atoms with Gasteiger partial charge in [-0.15, -0.1) is 0 Å². The summed E-state index contributed by atoms with van der Waals surface area (Å²) in [6.07, 6.45) is 0. The number of hydrogen-bond acceptors (Lipinski definition) is 5. The lowest BCUT2D eigenvalue weighted by Gasteiger charge is -2.27. The fourth-order valence-corrected chi connectivity index (χ4v) is 4.15. The molecule has 0 saturated carbocycles. The van der Waals surface area contributed by atoms with Crippen LogP contribution in [0.25, 0.3) is 0 Å². The van der Waals surface area contributed by atoms with Crippen LogP contribution in [0, 0.1) is 11.8 Å². The van der Waals surface area contributed by atoms with Crippen LogP contribution in [0.1, 0.15) is 30.9 Å². The number of carbonyl (C=O) groups is 2. The van der Waals surface area contributed by atoms with Crippen molar-refractivity contribution in [2.45, 2.75) is 26.4 Å². The fourth-order valence-electron chi connectivity index (χ4n) is 3.96. The molecule has 154 valence electrons. The minimum absolute atomic E-state index is 0.229. The van der Waals surface area contributed by atoms with Crippen LogP contribution in [0.15, 0.2) is 58.7 Å². The van der Waals surface area contributed by atoms with Crippen molar-refractivity contribution < 1.29 is 14.3 Å². The molecule has 0 aromatic heterocycles. The maximum atomic E-state index is 12.6. The molecule has 2 heterocycles. The number of halogens is 1. The summed E-state index contributed by atoms with van der Waals surface area (Å²) in [4.78, 5) is 25.1. The zero-order valence-corrected chi connectivity index (χ0v) is 17.3. The summed E-state index contributed by atoms with van der Waals surface area (Å²) in [7, 11) is 0. The molecule has 0 radical (unpaired) electrons. The van der Waals surface area contributed by atoms with Gasteiger partial charge in [0.05, 0.1) is 11.8 Å². The van der Waals surface area contributed by atoms with Gasteiger partial charge in [-0.2, -0.15) is 10.2 Å². The Morgan fingerprint density at radius 3 is 2.17 bits per heavy atom. The second-order valence-corrected chi connectivity index (χ2v) is 7.80. The molecule has 2 aliphatic heterocycles. The maximum Gasteiger partial charge on any atom is 0.249 e. The Labute approximate surface area is 179 Å². The number of hydrogen-bond donors (Lipinski definition) is 2. The normalized spacial score (nSPS) is 21.6. The van der Waals surface area contributed by atoms with E-state index in [0.29, 0.717) is 28.8 Å². The van der Waals surface area contributed by atoms with Crippen LogP contribution < -0.4 is 15.6 Å². The van der Waals surface area contributed by atoms with E-state index in [-0.39, 0.29) is 11.8 Å². The van der Waals surface area contributed by atoms with Crippen molar-refractivity contribution in [2.75, 3.05) is 0 Å². The van der Waals surface area contributed by atoms with Crippen molar-refractivity contribution in [2.24, 2.45) is 22.0 Å². The first-order valence-electron chi connectivity index (χ1n) is 9.60. The summed E-state index contributed by atoms with van der Waals surface area (Å²) in [5.74, 6) is -1.42. The third-order valence-electron chi connectivity index (χ3n) is 5.46. The minimum Gasteiger partial charge on any atom is -0.489 e. The predicted molar refractivity (Wildman–Crippen MR) is 114 cm³/mol. The van der Waals surface area contributed by atoms with Crippen LogP contribution in [0.2, 0.25) is 5.02 Å². The van der Waals surface area contributed by atoms with E-state index in [0.717, 1.165) is 11.1 Å². The zero-order valence-electron chi connectivity index (χ0n) is 16.6. The highest BCUT2D eigenvalue weighted by molar-refractivity contribution is 6.31. The number of amides is 2. The monoisotopic (exact) mass is 424 g/mol. The highest BCUT2D eigenvalue weighted by Crippen LogP contribution is 2.38. The van der Waals surface area contributed by atoms with Crippen molar-refractivity contribution in [3.05, 3.63) is 64.7 Å². The predicted octanol–water partition coefficient (Wildman–Crippen LogP) is 3.25. The van der Waals surface area contributed by atoms with Crippen LogP contribution in [0.5, 0.6) is 5.75 Å². The second kappa shape index (κ2) is 8.28. The van der Waals surface area contributed by atoms with Crippen molar-refractivity contribution in [1.29, 1.82) is 0 Å². The maximum absolute atomic E-state index is 12.6. The third kappa shape index (κ3) is 3.80. The Kier molecular flexibility index (Phi) is 5.55. The number of benzene rings is 2. The van der Waals surface area contributed by atoms with E-state index in [1.165, 1.54) is 0 Å². The van der Waals surface area contributed by atoms with E-state index < -0.39 is 17.8 Å². The van der Waals surface area contributed by atoms with Gasteiger partial charge in [-0.1, -0.05) is 41.9 Å². The lowest BCUT2D eigenvalue weighted by atomic mass is 9.73. The van der Waals surface area contributed by atoms with Crippen LogP contribution in [-0.4, -0.2) is 23.2 Å². The average Bonchev–Trinajstić information content (AvgIpc) is 3.24. The molecule has 2 aromatic carbocycles. The molecule has 7 nitrogen and oxygen atoms in total. The van der Waals surface area contributed by atoms with Gasteiger partial charge in [0.15, 0.2) is 0 Å². The summed E-state index contributed by atoms with van der Waals surface area (Å²) < 4.78 is 5.95. The number of ether oxygens (including phenoxy) is 1. The highest BCUT2D eigenvalue weighted by Gasteiger charge is 2.45. The third-order valence-corrected chi connectivity index (χ3v) is 5.83. The lowest BCUT2D eigenvalue weighted by Crippen LogP contribution is -2.38. The molecular formula is C22H21ClN4O3. The molecule has 0 bridgehead atoms. The van der Waals surface area contributed by atoms with Gasteiger partial charge in [-0.05, 0) is 37.6 Å². The Balaban J connectivity index is 1.66. The number of nitrogens with one attached hydrogen (secondary N) is 2. The van der Waals surface area contributed by atoms with E-state index in [9.17, 15) is 9.59 Å². The van der Waals surface area contributed by atoms with Crippen molar-refractivity contribution in [3.63, 3.8) is 0 Å². The van der Waals surface area contributed by atoms with Gasteiger partial charge in [0.25, 0.3) is 0 Å². The first kappa shape index (κ1) is 20.1. The smallest absolute Gasteiger partial charge is 0.249 e. The first-order chi connectivity index (χ1) is 14.5. The minimum atomic E-state index is -0.567. The number of rotatable bonds is 6. The molecule has 0 aliphatic carbocycles. The SMILES string of the molecule is CC1=NNC(=O)C1C(c1cccc(OCc2ccccc2Cl)c1)C1C(=O)NN=C1C. The van der Waals surface area contributed by atoms with Crippen molar-refractivity contribution in [1.82, 2.24) is 10.9 Å².